The molecule has 1 unspecified atom stereocenters. The number of nitrogens with zero attached hydrogens (tertiary/aromatic N) is 3. The molecule has 0 bridgehead atoms. The van der Waals surface area contributed by atoms with Crippen LogP contribution in [0.25, 0.3) is 0 Å². The van der Waals surface area contributed by atoms with Crippen molar-refractivity contribution in [3.05, 3.63) is 59.8 Å². The summed E-state index contributed by atoms with van der Waals surface area (Å²) in [5.41, 5.74) is 1.93. The van der Waals surface area contributed by atoms with Crippen molar-refractivity contribution in [2.75, 3.05) is 11.4 Å². The summed E-state index contributed by atoms with van der Waals surface area (Å²) < 4.78 is 0. The highest BCUT2D eigenvalue weighted by atomic mass is 16.2. The third-order valence-electron chi connectivity index (χ3n) is 5.32. The molecule has 0 spiro atoms. The Morgan fingerprint density at radius 1 is 1.04 bits per heavy atom. The van der Waals surface area contributed by atoms with Gasteiger partial charge in [0.05, 0.1) is 6.04 Å². The minimum Gasteiger partial charge on any atom is -0.351 e. The van der Waals surface area contributed by atoms with E-state index in [9.17, 15) is 4.79 Å². The lowest BCUT2D eigenvalue weighted by Gasteiger charge is -2.40. The number of rotatable bonds is 5. The second-order valence-corrected chi connectivity index (χ2v) is 7.89. The molecule has 0 N–H and O–H groups in total. The first-order valence-electron chi connectivity index (χ1n) is 10.1. The van der Waals surface area contributed by atoms with E-state index in [1.54, 1.807) is 0 Å². The summed E-state index contributed by atoms with van der Waals surface area (Å²) in [4.78, 5) is 22.4. The number of piperidine rings is 1. The molecule has 27 heavy (non-hydrogen) atoms. The molecule has 1 aromatic carbocycles. The smallest absolute Gasteiger partial charge is 0.254 e. The molecule has 1 atom stereocenters. The molecule has 0 saturated carbocycles. The Kier molecular flexibility index (Phi) is 6.15. The van der Waals surface area contributed by atoms with Crippen LogP contribution in [0, 0.1) is 0 Å². The molecule has 2 heterocycles. The van der Waals surface area contributed by atoms with Crippen LogP contribution in [-0.4, -0.2) is 34.4 Å². The van der Waals surface area contributed by atoms with E-state index in [-0.39, 0.29) is 11.9 Å². The summed E-state index contributed by atoms with van der Waals surface area (Å²) in [6.45, 7) is 9.60. The molecule has 3 rings (SSSR count). The van der Waals surface area contributed by atoms with Crippen LogP contribution in [0.1, 0.15) is 68.9 Å². The third kappa shape index (κ3) is 4.15. The number of aromatic nitrogens is 1. The first-order valence-corrected chi connectivity index (χ1v) is 10.1. The fourth-order valence-corrected chi connectivity index (χ4v) is 4.22. The van der Waals surface area contributed by atoms with E-state index in [2.05, 4.69) is 43.6 Å². The van der Waals surface area contributed by atoms with Gasteiger partial charge in [0.2, 0.25) is 0 Å². The maximum atomic E-state index is 13.2. The number of carbonyl (C=O) groups excluding carboxylic acids is 1. The van der Waals surface area contributed by atoms with Crippen molar-refractivity contribution >= 4 is 11.7 Å². The zero-order valence-electron chi connectivity index (χ0n) is 16.9. The van der Waals surface area contributed by atoms with Gasteiger partial charge in [-0.3, -0.25) is 4.79 Å². The third-order valence-corrected chi connectivity index (χ3v) is 5.32. The van der Waals surface area contributed by atoms with Crippen LogP contribution in [0.15, 0.2) is 48.7 Å². The lowest BCUT2D eigenvalue weighted by atomic mass is 9.94. The van der Waals surface area contributed by atoms with Gasteiger partial charge in [0.15, 0.2) is 0 Å². The van der Waals surface area contributed by atoms with Crippen LogP contribution in [-0.2, 0) is 0 Å². The van der Waals surface area contributed by atoms with Gasteiger partial charge in [0.25, 0.3) is 5.91 Å². The van der Waals surface area contributed by atoms with Gasteiger partial charge in [0, 0.05) is 36.0 Å². The molecule has 1 aliphatic rings. The normalized spacial score (nSPS) is 17.4. The number of carbonyl (C=O) groups is 1. The van der Waals surface area contributed by atoms with Crippen molar-refractivity contribution < 1.29 is 4.79 Å². The quantitative estimate of drug-likeness (QED) is 0.742. The Hall–Kier alpha value is -2.36. The fourth-order valence-electron chi connectivity index (χ4n) is 4.22. The van der Waals surface area contributed by atoms with Gasteiger partial charge in [-0.25, -0.2) is 4.98 Å². The molecule has 0 radical (unpaired) electrons. The molecular weight excluding hydrogens is 334 g/mol. The molecule has 0 aliphatic carbocycles. The van der Waals surface area contributed by atoms with Gasteiger partial charge in [-0.05, 0) is 65.2 Å². The summed E-state index contributed by atoms with van der Waals surface area (Å²) in [5.74, 6) is 1.14. The predicted octanol–water partition coefficient (Wildman–Crippen LogP) is 5.07. The first-order chi connectivity index (χ1) is 13.0. The first kappa shape index (κ1) is 19.4. The topological polar surface area (TPSA) is 36.4 Å². The van der Waals surface area contributed by atoms with Crippen LogP contribution < -0.4 is 4.90 Å². The number of likely N-dealkylation sites (tertiary alicyclic amines) is 1. The van der Waals surface area contributed by atoms with Crippen LogP contribution in [0.3, 0.4) is 0 Å². The average Bonchev–Trinajstić information content (AvgIpc) is 2.68. The van der Waals surface area contributed by atoms with Gasteiger partial charge in [0.1, 0.15) is 5.82 Å². The second-order valence-electron chi connectivity index (χ2n) is 7.89. The molecule has 2 aromatic rings. The summed E-state index contributed by atoms with van der Waals surface area (Å²) >= 11 is 0. The van der Waals surface area contributed by atoms with Gasteiger partial charge < -0.3 is 9.80 Å². The molecular formula is C23H31N3O. The fraction of sp³-hybridized carbons (Fsp3) is 0.478. The van der Waals surface area contributed by atoms with Crippen molar-refractivity contribution in [3.63, 3.8) is 0 Å². The zero-order chi connectivity index (χ0) is 19.4. The van der Waals surface area contributed by atoms with Gasteiger partial charge >= 0.3 is 0 Å². The highest BCUT2D eigenvalue weighted by Gasteiger charge is 2.32. The standard InChI is InChI=1S/C23H31N3O/c1-17(2)26(18(3)4)22-20(13-10-15-24-22)21-14-8-9-16-25(21)23(27)19-11-6-5-7-12-19/h5-7,10-13,15,17-18,21H,8-9,14,16H2,1-4H3. The molecule has 1 amide bonds. The Morgan fingerprint density at radius 2 is 1.74 bits per heavy atom. The molecule has 144 valence electrons. The number of benzene rings is 1. The average molecular weight is 366 g/mol. The number of pyridine rings is 1. The van der Waals surface area contributed by atoms with Crippen molar-refractivity contribution in [1.82, 2.24) is 9.88 Å². The monoisotopic (exact) mass is 365 g/mol. The van der Waals surface area contributed by atoms with Gasteiger partial charge in [-0.1, -0.05) is 24.3 Å². The zero-order valence-corrected chi connectivity index (χ0v) is 16.9. The summed E-state index contributed by atoms with van der Waals surface area (Å²) in [6, 6.07) is 14.6. The SMILES string of the molecule is CC(C)N(c1ncccc1C1CCCCN1C(=O)c1ccccc1)C(C)C. The minimum atomic E-state index is 0.0788. The van der Waals surface area contributed by atoms with Crippen molar-refractivity contribution in [3.8, 4) is 0 Å². The number of anilines is 1. The van der Waals surface area contributed by atoms with Gasteiger partial charge in [-0.15, -0.1) is 0 Å². The number of hydrogen-bond acceptors (Lipinski definition) is 3. The Morgan fingerprint density at radius 3 is 2.41 bits per heavy atom. The Bertz CT molecular complexity index is 749. The van der Waals surface area contributed by atoms with E-state index in [1.165, 1.54) is 5.56 Å². The van der Waals surface area contributed by atoms with Crippen molar-refractivity contribution in [1.29, 1.82) is 0 Å². The summed E-state index contributed by atoms with van der Waals surface area (Å²) in [7, 11) is 0. The van der Waals surface area contributed by atoms with Crippen LogP contribution in [0.4, 0.5) is 5.82 Å². The van der Waals surface area contributed by atoms with Crippen molar-refractivity contribution in [2.24, 2.45) is 0 Å². The molecule has 4 heteroatoms. The van der Waals surface area contributed by atoms with E-state index in [4.69, 9.17) is 4.98 Å². The lowest BCUT2D eigenvalue weighted by molar-refractivity contribution is 0.0611. The number of amides is 1. The molecule has 1 aliphatic heterocycles. The summed E-state index contributed by atoms with van der Waals surface area (Å²) in [5, 5.41) is 0. The van der Waals surface area contributed by atoms with Crippen LogP contribution >= 0.6 is 0 Å². The predicted molar refractivity (Wildman–Crippen MR) is 111 cm³/mol. The second kappa shape index (κ2) is 8.55. The molecule has 4 nitrogen and oxygen atoms in total. The molecule has 1 aromatic heterocycles. The largest absolute Gasteiger partial charge is 0.351 e. The minimum absolute atomic E-state index is 0.0788. The Labute approximate surface area is 163 Å². The highest BCUT2D eigenvalue weighted by Crippen LogP contribution is 2.37. The summed E-state index contributed by atoms with van der Waals surface area (Å²) in [6.07, 6.45) is 5.05. The highest BCUT2D eigenvalue weighted by molar-refractivity contribution is 5.94. The lowest BCUT2D eigenvalue weighted by Crippen LogP contribution is -2.42. The van der Waals surface area contributed by atoms with E-state index < -0.39 is 0 Å². The Balaban J connectivity index is 2.00. The van der Waals surface area contributed by atoms with E-state index >= 15 is 0 Å². The van der Waals surface area contributed by atoms with E-state index in [0.717, 1.165) is 37.2 Å². The maximum Gasteiger partial charge on any atom is 0.254 e. The van der Waals surface area contributed by atoms with E-state index in [0.29, 0.717) is 12.1 Å². The number of hydrogen-bond donors (Lipinski definition) is 0. The van der Waals surface area contributed by atoms with Crippen LogP contribution in [0.5, 0.6) is 0 Å². The van der Waals surface area contributed by atoms with Crippen molar-refractivity contribution in [2.45, 2.75) is 65.1 Å². The maximum absolute atomic E-state index is 13.2. The molecule has 1 fully saturated rings. The van der Waals surface area contributed by atoms with Crippen LogP contribution in [0.2, 0.25) is 0 Å². The van der Waals surface area contributed by atoms with Gasteiger partial charge in [-0.2, -0.15) is 0 Å². The molecule has 1 saturated heterocycles. The van der Waals surface area contributed by atoms with E-state index in [1.807, 2.05) is 42.6 Å².